The number of furan rings is 1. The third-order valence-corrected chi connectivity index (χ3v) is 5.79. The van der Waals surface area contributed by atoms with Crippen LogP contribution in [0.3, 0.4) is 0 Å². The molecule has 1 amide bonds. The van der Waals surface area contributed by atoms with E-state index in [1.54, 1.807) is 12.5 Å². The number of amides is 1. The Hall–Kier alpha value is -2.19. The number of nitrogens with zero attached hydrogens (tertiary/aromatic N) is 4. The molecule has 1 aliphatic rings. The van der Waals surface area contributed by atoms with Crippen LogP contribution in [0.4, 0.5) is 5.82 Å². The highest BCUT2D eigenvalue weighted by Crippen LogP contribution is 2.29. The van der Waals surface area contributed by atoms with Crippen LogP contribution in [0.15, 0.2) is 45.6 Å². The third-order valence-electron chi connectivity index (χ3n) is 4.33. The first-order valence-electron chi connectivity index (χ1n) is 8.29. The first-order chi connectivity index (χ1) is 12.6. The maximum Gasteiger partial charge on any atom is 0.273 e. The number of thiazole rings is 1. The molecule has 3 aromatic heterocycles. The van der Waals surface area contributed by atoms with Crippen LogP contribution in [0.1, 0.15) is 15.4 Å². The van der Waals surface area contributed by atoms with Crippen molar-refractivity contribution in [3.8, 4) is 10.8 Å². The second-order valence-electron chi connectivity index (χ2n) is 6.01. The quantitative estimate of drug-likeness (QED) is 0.629. The second kappa shape index (κ2) is 7.20. The number of rotatable bonds is 3. The fourth-order valence-corrected chi connectivity index (χ4v) is 4.05. The topological polar surface area (TPSA) is 62.5 Å². The Kier molecular flexibility index (Phi) is 4.78. The van der Waals surface area contributed by atoms with Crippen molar-refractivity contribution in [3.63, 3.8) is 0 Å². The number of hydrogen-bond acceptors (Lipinski definition) is 6. The number of pyridine rings is 1. The van der Waals surface area contributed by atoms with E-state index in [9.17, 15) is 4.79 Å². The van der Waals surface area contributed by atoms with Gasteiger partial charge in [-0.2, -0.15) is 0 Å². The van der Waals surface area contributed by atoms with E-state index in [2.05, 4.69) is 30.8 Å². The molecule has 0 unspecified atom stereocenters. The summed E-state index contributed by atoms with van der Waals surface area (Å²) >= 11 is 4.89. The van der Waals surface area contributed by atoms with Gasteiger partial charge < -0.3 is 14.2 Å². The van der Waals surface area contributed by atoms with Crippen molar-refractivity contribution in [3.05, 3.63) is 51.8 Å². The molecule has 0 bridgehead atoms. The summed E-state index contributed by atoms with van der Waals surface area (Å²) in [6, 6.07) is 7.65. The van der Waals surface area contributed by atoms with E-state index >= 15 is 0 Å². The molecule has 0 spiro atoms. The van der Waals surface area contributed by atoms with E-state index in [0.717, 1.165) is 33.3 Å². The van der Waals surface area contributed by atoms with Gasteiger partial charge in [-0.05, 0) is 47.1 Å². The van der Waals surface area contributed by atoms with Gasteiger partial charge >= 0.3 is 0 Å². The molecule has 26 heavy (non-hydrogen) atoms. The second-order valence-corrected chi connectivity index (χ2v) is 8.13. The summed E-state index contributed by atoms with van der Waals surface area (Å²) in [5, 5.41) is 0.744. The molecule has 1 saturated heterocycles. The van der Waals surface area contributed by atoms with Gasteiger partial charge in [-0.15, -0.1) is 11.3 Å². The van der Waals surface area contributed by atoms with Crippen molar-refractivity contribution in [1.29, 1.82) is 0 Å². The average Bonchev–Trinajstić information content (AvgIpc) is 3.31. The van der Waals surface area contributed by atoms with E-state index < -0.39 is 0 Å². The molecule has 0 aromatic carbocycles. The van der Waals surface area contributed by atoms with Gasteiger partial charge in [0.2, 0.25) is 0 Å². The van der Waals surface area contributed by atoms with Crippen molar-refractivity contribution >= 4 is 39.0 Å². The third kappa shape index (κ3) is 3.39. The molecule has 0 radical (unpaired) electrons. The molecule has 1 fully saturated rings. The fourth-order valence-electron chi connectivity index (χ4n) is 2.94. The SMILES string of the molecule is Cc1sc(-c2ccco2)nc1C(=O)N1CCN(c2ccc(Br)cn2)CC1. The number of aryl methyl sites for hydroxylation is 1. The van der Waals surface area contributed by atoms with Crippen LogP contribution in [-0.4, -0.2) is 47.0 Å². The fraction of sp³-hybridized carbons (Fsp3) is 0.278. The minimum absolute atomic E-state index is 0.0139. The lowest BCUT2D eigenvalue weighted by Gasteiger charge is -2.35. The van der Waals surface area contributed by atoms with Crippen LogP contribution in [0.5, 0.6) is 0 Å². The normalized spacial score (nSPS) is 14.7. The average molecular weight is 433 g/mol. The number of carbonyl (C=O) groups excluding carboxylic acids is 1. The lowest BCUT2D eigenvalue weighted by atomic mass is 10.2. The van der Waals surface area contributed by atoms with Gasteiger partial charge in [0.1, 0.15) is 11.5 Å². The molecule has 0 saturated carbocycles. The molecule has 134 valence electrons. The Bertz CT molecular complexity index is 900. The van der Waals surface area contributed by atoms with Crippen LogP contribution in [0, 0.1) is 6.92 Å². The van der Waals surface area contributed by atoms with Gasteiger partial charge in [0.15, 0.2) is 10.8 Å². The van der Waals surface area contributed by atoms with Crippen molar-refractivity contribution in [2.75, 3.05) is 31.1 Å². The van der Waals surface area contributed by atoms with Crippen LogP contribution in [0.25, 0.3) is 10.8 Å². The number of hydrogen-bond donors (Lipinski definition) is 0. The molecule has 1 aliphatic heterocycles. The van der Waals surface area contributed by atoms with Crippen molar-refractivity contribution in [2.24, 2.45) is 0 Å². The molecular weight excluding hydrogens is 416 g/mol. The molecule has 0 aliphatic carbocycles. The Balaban J connectivity index is 1.44. The van der Waals surface area contributed by atoms with Gasteiger partial charge in [-0.3, -0.25) is 4.79 Å². The first kappa shape index (κ1) is 17.2. The van der Waals surface area contributed by atoms with E-state index in [1.807, 2.05) is 36.1 Å². The lowest BCUT2D eigenvalue weighted by molar-refractivity contribution is 0.0741. The van der Waals surface area contributed by atoms with Gasteiger partial charge in [0.25, 0.3) is 5.91 Å². The monoisotopic (exact) mass is 432 g/mol. The largest absolute Gasteiger partial charge is 0.462 e. The molecule has 4 heterocycles. The Morgan fingerprint density at radius 3 is 2.69 bits per heavy atom. The highest BCUT2D eigenvalue weighted by atomic mass is 79.9. The molecule has 0 atom stereocenters. The van der Waals surface area contributed by atoms with Crippen LogP contribution in [0.2, 0.25) is 0 Å². The molecule has 0 N–H and O–H groups in total. The van der Waals surface area contributed by atoms with Crippen LogP contribution < -0.4 is 4.90 Å². The highest BCUT2D eigenvalue weighted by Gasteiger charge is 2.26. The summed E-state index contributed by atoms with van der Waals surface area (Å²) in [5.41, 5.74) is 0.525. The molecular formula is C18H17BrN4O2S. The number of aromatic nitrogens is 2. The van der Waals surface area contributed by atoms with Crippen LogP contribution in [-0.2, 0) is 0 Å². The summed E-state index contributed by atoms with van der Waals surface area (Å²) in [7, 11) is 0. The summed E-state index contributed by atoms with van der Waals surface area (Å²) in [4.78, 5) is 26.8. The zero-order valence-electron chi connectivity index (χ0n) is 14.2. The summed E-state index contributed by atoms with van der Waals surface area (Å²) in [5.74, 6) is 1.62. The lowest BCUT2D eigenvalue weighted by Crippen LogP contribution is -2.49. The van der Waals surface area contributed by atoms with E-state index in [0.29, 0.717) is 24.5 Å². The number of carbonyl (C=O) groups is 1. The van der Waals surface area contributed by atoms with Crippen LogP contribution >= 0.6 is 27.3 Å². The number of anilines is 1. The molecule has 6 nitrogen and oxygen atoms in total. The molecule has 8 heteroatoms. The zero-order valence-corrected chi connectivity index (χ0v) is 16.6. The van der Waals surface area contributed by atoms with Gasteiger partial charge in [-0.1, -0.05) is 0 Å². The summed E-state index contributed by atoms with van der Waals surface area (Å²) in [6.07, 6.45) is 3.41. The van der Waals surface area contributed by atoms with Crippen molar-refractivity contribution < 1.29 is 9.21 Å². The maximum atomic E-state index is 12.9. The Morgan fingerprint density at radius 2 is 2.04 bits per heavy atom. The van der Waals surface area contributed by atoms with Gasteiger partial charge in [0.05, 0.1) is 6.26 Å². The van der Waals surface area contributed by atoms with E-state index in [4.69, 9.17) is 4.42 Å². The number of halogens is 1. The number of piperazine rings is 1. The minimum atomic E-state index is -0.0139. The first-order valence-corrected chi connectivity index (χ1v) is 9.90. The maximum absolute atomic E-state index is 12.9. The Morgan fingerprint density at radius 1 is 1.23 bits per heavy atom. The molecule has 3 aromatic rings. The standard InChI is InChI=1S/C18H17BrN4O2S/c1-12-16(21-17(26-12)14-3-2-10-25-14)18(24)23-8-6-22(7-9-23)15-5-4-13(19)11-20-15/h2-5,10-11H,6-9H2,1H3. The predicted octanol–water partition coefficient (Wildman–Crippen LogP) is 3.83. The minimum Gasteiger partial charge on any atom is -0.462 e. The van der Waals surface area contributed by atoms with Crippen molar-refractivity contribution in [1.82, 2.24) is 14.9 Å². The van der Waals surface area contributed by atoms with E-state index in [-0.39, 0.29) is 5.91 Å². The summed E-state index contributed by atoms with van der Waals surface area (Å²) < 4.78 is 6.35. The predicted molar refractivity (Wildman–Crippen MR) is 105 cm³/mol. The smallest absolute Gasteiger partial charge is 0.273 e. The van der Waals surface area contributed by atoms with E-state index in [1.165, 1.54) is 11.3 Å². The Labute approximate surface area is 163 Å². The summed E-state index contributed by atoms with van der Waals surface area (Å²) in [6.45, 7) is 4.76. The van der Waals surface area contributed by atoms with Gasteiger partial charge in [0, 0.05) is 41.7 Å². The highest BCUT2D eigenvalue weighted by molar-refractivity contribution is 9.10. The zero-order chi connectivity index (χ0) is 18.1. The molecule has 4 rings (SSSR count). The van der Waals surface area contributed by atoms with Gasteiger partial charge in [-0.25, -0.2) is 9.97 Å². The van der Waals surface area contributed by atoms with Crippen molar-refractivity contribution in [2.45, 2.75) is 6.92 Å².